The molecule has 0 amide bonds. The molecule has 0 unspecified atom stereocenters. The maximum atomic E-state index is 11.0. The van der Waals surface area contributed by atoms with Gasteiger partial charge in [-0.1, -0.05) is 109 Å². The van der Waals surface area contributed by atoms with Gasteiger partial charge in [-0.05, 0) is 117 Å². The summed E-state index contributed by atoms with van der Waals surface area (Å²) in [6.45, 7) is 16.5. The number of esters is 1. The van der Waals surface area contributed by atoms with Gasteiger partial charge in [-0.3, -0.25) is 0 Å². The Hall–Kier alpha value is -4.51. The Morgan fingerprint density at radius 3 is 1.94 bits per heavy atom. The fraction of sp³-hybridized carbons (Fsp3) is 0.426. The molecule has 0 saturated heterocycles. The average Bonchev–Trinajstić information content (AvgIpc) is 3.15. The second kappa shape index (κ2) is 28.1. The monoisotopic (exact) mass is 708 g/mol. The summed E-state index contributed by atoms with van der Waals surface area (Å²) in [5, 5.41) is 0. The number of ether oxygens (including phenoxy) is 4. The molecule has 0 aromatic heterocycles. The molecule has 52 heavy (non-hydrogen) atoms. The minimum absolute atomic E-state index is 0.360. The van der Waals surface area contributed by atoms with Gasteiger partial charge in [-0.2, -0.15) is 0 Å². The van der Waals surface area contributed by atoms with Gasteiger partial charge in [-0.25, -0.2) is 4.79 Å². The van der Waals surface area contributed by atoms with Crippen LogP contribution in [-0.2, 0) is 16.0 Å². The van der Waals surface area contributed by atoms with E-state index in [0.29, 0.717) is 13.2 Å². The van der Waals surface area contributed by atoms with E-state index >= 15 is 0 Å². The number of hydrogen-bond donors (Lipinski definition) is 0. The number of rotatable bonds is 22. The standard InChI is InChI=1S/C29H36O4.C14H20O.C4H8/c1-4-7-10-13-28(33-27-18-14-24(5-2)15-19-27)25-16-20-26(21-17-25)31-22-11-8-9-12-23-32-29(30)6-3;1-4-6-7-8-12-9-10-14(15-3)13(5-2)11-12;1-2-4-3-1/h5-6,13-21H,2-4,7-12,22-23H2,1H3;5,9-11H,2,4,6-8H2,1,3H3;1-4H2/b28-13+;;. The number of aryl methyl sites for hydroxylation is 1. The predicted molar refractivity (Wildman–Crippen MR) is 221 cm³/mol. The van der Waals surface area contributed by atoms with Crippen molar-refractivity contribution < 1.29 is 23.7 Å². The van der Waals surface area contributed by atoms with Crippen LogP contribution in [0.15, 0.2) is 98.6 Å². The highest BCUT2D eigenvalue weighted by molar-refractivity contribution is 5.81. The largest absolute Gasteiger partial charge is 0.496 e. The van der Waals surface area contributed by atoms with Crippen LogP contribution in [0.25, 0.3) is 17.9 Å². The Morgan fingerprint density at radius 1 is 0.712 bits per heavy atom. The molecular formula is C47H64O5. The van der Waals surface area contributed by atoms with Crippen LogP contribution in [0.3, 0.4) is 0 Å². The summed E-state index contributed by atoms with van der Waals surface area (Å²) in [4.78, 5) is 11.0. The molecule has 1 saturated carbocycles. The number of carbonyl (C=O) groups is 1. The Labute approximate surface area is 315 Å². The molecule has 3 aromatic rings. The number of hydrogen-bond acceptors (Lipinski definition) is 5. The molecule has 282 valence electrons. The summed E-state index contributed by atoms with van der Waals surface area (Å²) in [5.41, 5.74) is 4.56. The lowest BCUT2D eigenvalue weighted by atomic mass is 10.0. The van der Waals surface area contributed by atoms with Crippen LogP contribution in [0.2, 0.25) is 0 Å². The van der Waals surface area contributed by atoms with Gasteiger partial charge >= 0.3 is 5.97 Å². The Morgan fingerprint density at radius 2 is 1.37 bits per heavy atom. The number of allylic oxidation sites excluding steroid dienone is 1. The molecule has 0 radical (unpaired) electrons. The van der Waals surface area contributed by atoms with E-state index in [4.69, 9.17) is 18.9 Å². The Balaban J connectivity index is 0.000000402. The van der Waals surface area contributed by atoms with E-state index in [0.717, 1.165) is 91.1 Å². The SMILES string of the molecule is C1CCC1.C=CC(=O)OCCCCCCOc1ccc(/C(=C\CCCC)Oc2ccc(C=C)cc2)cc1.C=Cc1cc(CCCCC)ccc1OC. The third kappa shape index (κ3) is 18.6. The van der Waals surface area contributed by atoms with Crippen molar-refractivity contribution in [2.75, 3.05) is 20.3 Å². The van der Waals surface area contributed by atoms with E-state index < -0.39 is 0 Å². The van der Waals surface area contributed by atoms with Crippen LogP contribution in [0, 0.1) is 0 Å². The molecule has 0 aliphatic heterocycles. The molecule has 0 N–H and O–H groups in total. The fourth-order valence-electron chi connectivity index (χ4n) is 5.08. The van der Waals surface area contributed by atoms with Crippen molar-refractivity contribution in [3.63, 3.8) is 0 Å². The van der Waals surface area contributed by atoms with E-state index in [-0.39, 0.29) is 5.97 Å². The first-order chi connectivity index (χ1) is 25.5. The van der Waals surface area contributed by atoms with Crippen LogP contribution in [-0.4, -0.2) is 26.3 Å². The third-order valence-corrected chi connectivity index (χ3v) is 8.67. The third-order valence-electron chi connectivity index (χ3n) is 8.67. The Bertz CT molecular complexity index is 1440. The summed E-state index contributed by atoms with van der Waals surface area (Å²) in [5.74, 6) is 3.06. The first-order valence-electron chi connectivity index (χ1n) is 19.4. The fourth-order valence-corrected chi connectivity index (χ4v) is 5.08. The normalized spacial score (nSPS) is 11.7. The zero-order valence-electron chi connectivity index (χ0n) is 32.3. The van der Waals surface area contributed by atoms with Gasteiger partial charge in [0.15, 0.2) is 0 Å². The molecule has 3 aromatic carbocycles. The van der Waals surface area contributed by atoms with Crippen LogP contribution in [0.1, 0.15) is 126 Å². The summed E-state index contributed by atoms with van der Waals surface area (Å²) in [6.07, 6.45) is 25.1. The highest BCUT2D eigenvalue weighted by Crippen LogP contribution is 2.25. The topological polar surface area (TPSA) is 54.0 Å². The van der Waals surface area contributed by atoms with Crippen molar-refractivity contribution in [3.05, 3.63) is 121 Å². The minimum atomic E-state index is -0.360. The second-order valence-corrected chi connectivity index (χ2v) is 12.9. The van der Waals surface area contributed by atoms with Gasteiger partial charge in [0.25, 0.3) is 0 Å². The van der Waals surface area contributed by atoms with Gasteiger partial charge < -0.3 is 18.9 Å². The molecule has 0 bridgehead atoms. The summed E-state index contributed by atoms with van der Waals surface area (Å²) in [7, 11) is 1.69. The maximum absolute atomic E-state index is 11.0. The number of methoxy groups -OCH3 is 1. The van der Waals surface area contributed by atoms with Crippen LogP contribution in [0.4, 0.5) is 0 Å². The van der Waals surface area contributed by atoms with Crippen LogP contribution in [0.5, 0.6) is 17.2 Å². The first-order valence-corrected chi connectivity index (χ1v) is 19.4. The molecule has 0 heterocycles. The molecule has 0 atom stereocenters. The highest BCUT2D eigenvalue weighted by Gasteiger charge is 2.07. The van der Waals surface area contributed by atoms with E-state index in [9.17, 15) is 4.79 Å². The quantitative estimate of drug-likeness (QED) is 0.0450. The molecule has 5 heteroatoms. The molecule has 1 aliphatic rings. The van der Waals surface area contributed by atoms with Gasteiger partial charge in [0.05, 0.1) is 20.3 Å². The van der Waals surface area contributed by atoms with Gasteiger partial charge in [0.1, 0.15) is 23.0 Å². The lowest BCUT2D eigenvalue weighted by molar-refractivity contribution is -0.137. The van der Waals surface area contributed by atoms with Crippen molar-refractivity contribution in [1.82, 2.24) is 0 Å². The average molecular weight is 709 g/mol. The Kier molecular flexibility index (Phi) is 23.6. The number of carbonyl (C=O) groups excluding carboxylic acids is 1. The van der Waals surface area contributed by atoms with E-state index in [1.165, 1.54) is 56.6 Å². The van der Waals surface area contributed by atoms with Crippen molar-refractivity contribution in [1.29, 1.82) is 0 Å². The zero-order valence-corrected chi connectivity index (χ0v) is 32.3. The predicted octanol–water partition coefficient (Wildman–Crippen LogP) is 13.2. The second-order valence-electron chi connectivity index (χ2n) is 12.9. The van der Waals surface area contributed by atoms with Crippen LogP contribution < -0.4 is 14.2 Å². The maximum Gasteiger partial charge on any atom is 0.330 e. The lowest BCUT2D eigenvalue weighted by Gasteiger charge is -2.12. The van der Waals surface area contributed by atoms with Crippen molar-refractivity contribution in [3.8, 4) is 17.2 Å². The molecule has 4 rings (SSSR count). The van der Waals surface area contributed by atoms with E-state index in [2.05, 4.69) is 51.8 Å². The molecule has 1 fully saturated rings. The van der Waals surface area contributed by atoms with Crippen molar-refractivity contribution in [2.24, 2.45) is 0 Å². The van der Waals surface area contributed by atoms with E-state index in [1.54, 1.807) is 7.11 Å². The van der Waals surface area contributed by atoms with Crippen molar-refractivity contribution in [2.45, 2.75) is 110 Å². The number of unbranched alkanes of at least 4 members (excludes halogenated alkanes) is 7. The summed E-state index contributed by atoms with van der Waals surface area (Å²) < 4.78 is 22.3. The first kappa shape index (κ1) is 43.7. The molecule has 1 aliphatic carbocycles. The highest BCUT2D eigenvalue weighted by atomic mass is 16.5. The zero-order chi connectivity index (χ0) is 37.7. The molecular weight excluding hydrogens is 645 g/mol. The minimum Gasteiger partial charge on any atom is -0.496 e. The van der Waals surface area contributed by atoms with Gasteiger partial charge in [0, 0.05) is 17.2 Å². The summed E-state index contributed by atoms with van der Waals surface area (Å²) >= 11 is 0. The van der Waals surface area contributed by atoms with Crippen molar-refractivity contribution >= 4 is 23.9 Å². The molecule has 0 spiro atoms. The van der Waals surface area contributed by atoms with Gasteiger partial charge in [-0.15, -0.1) is 0 Å². The van der Waals surface area contributed by atoms with E-state index in [1.807, 2.05) is 66.7 Å². The lowest BCUT2D eigenvalue weighted by Crippen LogP contribution is -2.02. The van der Waals surface area contributed by atoms with Gasteiger partial charge in [0.2, 0.25) is 0 Å². The number of benzene rings is 3. The smallest absolute Gasteiger partial charge is 0.330 e. The molecule has 5 nitrogen and oxygen atoms in total. The van der Waals surface area contributed by atoms with Crippen LogP contribution >= 0.6 is 0 Å². The summed E-state index contributed by atoms with van der Waals surface area (Å²) in [6, 6.07) is 22.3.